The van der Waals surface area contributed by atoms with Crippen LogP contribution >= 0.6 is 0 Å². The molecular formula is C11H20O3. The topological polar surface area (TPSA) is 46.5 Å². The SMILES string of the molecule is CC(C)(C)OC(=O)C1(CO)CCCC1. The van der Waals surface area contributed by atoms with Crippen LogP contribution in [0.15, 0.2) is 0 Å². The molecule has 14 heavy (non-hydrogen) atoms. The Morgan fingerprint density at radius 1 is 1.36 bits per heavy atom. The average Bonchev–Trinajstić information content (AvgIpc) is 2.49. The van der Waals surface area contributed by atoms with Gasteiger partial charge in [0, 0.05) is 0 Å². The molecule has 82 valence electrons. The Hall–Kier alpha value is -0.570. The number of carbonyl (C=O) groups is 1. The molecule has 0 bridgehead atoms. The molecule has 1 rings (SSSR count). The summed E-state index contributed by atoms with van der Waals surface area (Å²) >= 11 is 0. The van der Waals surface area contributed by atoms with E-state index in [0.29, 0.717) is 0 Å². The minimum absolute atomic E-state index is 0.0814. The van der Waals surface area contributed by atoms with Gasteiger partial charge in [0.25, 0.3) is 0 Å². The molecule has 0 radical (unpaired) electrons. The second-order valence-electron chi connectivity index (χ2n) is 5.15. The Morgan fingerprint density at radius 2 is 1.86 bits per heavy atom. The Bertz CT molecular complexity index is 209. The standard InChI is InChI=1S/C11H20O3/c1-10(2,3)14-9(13)11(8-12)6-4-5-7-11/h12H,4-8H2,1-3H3. The number of rotatable bonds is 2. The van der Waals surface area contributed by atoms with Crippen LogP contribution in [0.4, 0.5) is 0 Å². The third-order valence-corrected chi connectivity index (χ3v) is 2.70. The van der Waals surface area contributed by atoms with E-state index in [0.717, 1.165) is 25.7 Å². The fourth-order valence-electron chi connectivity index (χ4n) is 1.86. The zero-order valence-electron chi connectivity index (χ0n) is 9.30. The highest BCUT2D eigenvalue weighted by Crippen LogP contribution is 2.39. The summed E-state index contributed by atoms with van der Waals surface area (Å²) in [6.45, 7) is 5.47. The van der Waals surface area contributed by atoms with Gasteiger partial charge in [-0.05, 0) is 33.6 Å². The fraction of sp³-hybridized carbons (Fsp3) is 0.909. The monoisotopic (exact) mass is 200 g/mol. The number of esters is 1. The van der Waals surface area contributed by atoms with Gasteiger partial charge < -0.3 is 9.84 Å². The van der Waals surface area contributed by atoms with Gasteiger partial charge in [0.15, 0.2) is 0 Å². The molecule has 0 aromatic carbocycles. The molecule has 0 spiro atoms. The summed E-state index contributed by atoms with van der Waals surface area (Å²) in [6.07, 6.45) is 3.55. The second-order valence-corrected chi connectivity index (χ2v) is 5.15. The quantitative estimate of drug-likeness (QED) is 0.692. The molecule has 1 aliphatic carbocycles. The normalized spacial score (nSPS) is 20.9. The summed E-state index contributed by atoms with van der Waals surface area (Å²) in [5.41, 5.74) is -1.06. The second kappa shape index (κ2) is 3.89. The molecule has 0 aromatic rings. The first kappa shape index (κ1) is 11.5. The van der Waals surface area contributed by atoms with Crippen molar-refractivity contribution >= 4 is 5.97 Å². The average molecular weight is 200 g/mol. The summed E-state index contributed by atoms with van der Waals surface area (Å²) in [4.78, 5) is 11.8. The molecule has 0 atom stereocenters. The Kier molecular flexibility index (Phi) is 3.20. The van der Waals surface area contributed by atoms with Gasteiger partial charge in [-0.25, -0.2) is 0 Å². The van der Waals surface area contributed by atoms with Gasteiger partial charge >= 0.3 is 5.97 Å². The van der Waals surface area contributed by atoms with Crippen LogP contribution in [0, 0.1) is 5.41 Å². The summed E-state index contributed by atoms with van der Waals surface area (Å²) < 4.78 is 5.32. The minimum atomic E-state index is -0.604. The molecule has 1 N–H and O–H groups in total. The van der Waals surface area contributed by atoms with E-state index in [9.17, 15) is 9.90 Å². The zero-order chi connectivity index (χ0) is 10.8. The maximum absolute atomic E-state index is 11.8. The number of hydrogen-bond donors (Lipinski definition) is 1. The Labute approximate surface area is 85.5 Å². The Balaban J connectivity index is 2.66. The van der Waals surface area contributed by atoms with Gasteiger partial charge in [0.2, 0.25) is 0 Å². The smallest absolute Gasteiger partial charge is 0.314 e. The summed E-state index contributed by atoms with van der Waals surface area (Å²) in [5, 5.41) is 9.28. The molecule has 1 fully saturated rings. The van der Waals surface area contributed by atoms with Gasteiger partial charge in [-0.1, -0.05) is 12.8 Å². The Morgan fingerprint density at radius 3 is 2.21 bits per heavy atom. The van der Waals surface area contributed by atoms with Crippen molar-refractivity contribution in [2.45, 2.75) is 52.1 Å². The van der Waals surface area contributed by atoms with Crippen LogP contribution in [0.2, 0.25) is 0 Å². The molecule has 0 saturated heterocycles. The van der Waals surface area contributed by atoms with E-state index in [1.54, 1.807) is 0 Å². The van der Waals surface area contributed by atoms with Crippen molar-refractivity contribution < 1.29 is 14.6 Å². The highest BCUT2D eigenvalue weighted by molar-refractivity contribution is 5.77. The lowest BCUT2D eigenvalue weighted by molar-refractivity contribution is -0.169. The minimum Gasteiger partial charge on any atom is -0.459 e. The number of aliphatic hydroxyl groups excluding tert-OH is 1. The maximum atomic E-state index is 11.8. The highest BCUT2D eigenvalue weighted by atomic mass is 16.6. The maximum Gasteiger partial charge on any atom is 0.314 e. The van der Waals surface area contributed by atoms with Crippen LogP contribution in [-0.4, -0.2) is 23.3 Å². The predicted octanol–water partition coefficient (Wildman–Crippen LogP) is 1.88. The van der Waals surface area contributed by atoms with Crippen molar-refractivity contribution in [3.8, 4) is 0 Å². The van der Waals surface area contributed by atoms with Crippen molar-refractivity contribution in [1.29, 1.82) is 0 Å². The lowest BCUT2D eigenvalue weighted by Crippen LogP contribution is -2.38. The van der Waals surface area contributed by atoms with Crippen LogP contribution in [0.25, 0.3) is 0 Å². The first-order valence-corrected chi connectivity index (χ1v) is 5.24. The van der Waals surface area contributed by atoms with E-state index in [1.165, 1.54) is 0 Å². The lowest BCUT2D eigenvalue weighted by Gasteiger charge is -2.29. The van der Waals surface area contributed by atoms with Crippen molar-refractivity contribution in [3.63, 3.8) is 0 Å². The predicted molar refractivity (Wildman–Crippen MR) is 53.8 cm³/mol. The lowest BCUT2D eigenvalue weighted by atomic mass is 9.87. The first-order chi connectivity index (χ1) is 6.40. The van der Waals surface area contributed by atoms with Crippen LogP contribution in [0.3, 0.4) is 0 Å². The molecule has 3 heteroatoms. The fourth-order valence-corrected chi connectivity index (χ4v) is 1.86. The van der Waals surface area contributed by atoms with E-state index in [-0.39, 0.29) is 12.6 Å². The zero-order valence-corrected chi connectivity index (χ0v) is 9.30. The van der Waals surface area contributed by atoms with E-state index < -0.39 is 11.0 Å². The molecule has 0 heterocycles. The van der Waals surface area contributed by atoms with Crippen molar-refractivity contribution in [2.75, 3.05) is 6.61 Å². The number of hydrogen-bond acceptors (Lipinski definition) is 3. The van der Waals surface area contributed by atoms with E-state index in [1.807, 2.05) is 20.8 Å². The van der Waals surface area contributed by atoms with Gasteiger partial charge in [-0.2, -0.15) is 0 Å². The van der Waals surface area contributed by atoms with Crippen LogP contribution in [0.1, 0.15) is 46.5 Å². The van der Waals surface area contributed by atoms with Crippen LogP contribution in [0.5, 0.6) is 0 Å². The van der Waals surface area contributed by atoms with E-state index in [2.05, 4.69) is 0 Å². The third kappa shape index (κ3) is 2.47. The number of carbonyl (C=O) groups excluding carboxylic acids is 1. The molecule has 3 nitrogen and oxygen atoms in total. The van der Waals surface area contributed by atoms with Gasteiger partial charge in [0.05, 0.1) is 12.0 Å². The molecular weight excluding hydrogens is 180 g/mol. The van der Waals surface area contributed by atoms with Gasteiger partial charge in [0.1, 0.15) is 5.60 Å². The van der Waals surface area contributed by atoms with E-state index >= 15 is 0 Å². The first-order valence-electron chi connectivity index (χ1n) is 5.24. The van der Waals surface area contributed by atoms with Crippen LogP contribution < -0.4 is 0 Å². The summed E-state index contributed by atoms with van der Waals surface area (Å²) in [7, 11) is 0. The number of ether oxygens (including phenoxy) is 1. The largest absolute Gasteiger partial charge is 0.459 e. The van der Waals surface area contributed by atoms with Gasteiger partial charge in [-0.3, -0.25) is 4.79 Å². The van der Waals surface area contributed by atoms with Crippen LogP contribution in [-0.2, 0) is 9.53 Å². The molecule has 1 saturated carbocycles. The third-order valence-electron chi connectivity index (χ3n) is 2.70. The van der Waals surface area contributed by atoms with Crippen molar-refractivity contribution in [2.24, 2.45) is 5.41 Å². The van der Waals surface area contributed by atoms with E-state index in [4.69, 9.17) is 4.74 Å². The summed E-state index contributed by atoms with van der Waals surface area (Å²) in [5.74, 6) is -0.231. The highest BCUT2D eigenvalue weighted by Gasteiger charge is 2.43. The van der Waals surface area contributed by atoms with Crippen molar-refractivity contribution in [3.05, 3.63) is 0 Å². The molecule has 0 amide bonds. The summed E-state index contributed by atoms with van der Waals surface area (Å²) in [6, 6.07) is 0. The molecule has 0 aromatic heterocycles. The number of aliphatic hydroxyl groups is 1. The van der Waals surface area contributed by atoms with Crippen molar-refractivity contribution in [1.82, 2.24) is 0 Å². The van der Waals surface area contributed by atoms with Gasteiger partial charge in [-0.15, -0.1) is 0 Å². The molecule has 0 aliphatic heterocycles. The molecule has 0 unspecified atom stereocenters. The molecule has 1 aliphatic rings.